The number of amides is 1. The number of hydrogen-bond acceptors (Lipinski definition) is 6. The molecule has 0 spiro atoms. The summed E-state index contributed by atoms with van der Waals surface area (Å²) >= 11 is 1.42. The van der Waals surface area contributed by atoms with Crippen molar-refractivity contribution in [2.75, 3.05) is 25.0 Å². The van der Waals surface area contributed by atoms with E-state index >= 15 is 0 Å². The number of aromatic nitrogens is 3. The monoisotopic (exact) mass is 349 g/mol. The number of anilines is 1. The first-order chi connectivity index (χ1) is 11.6. The fourth-order valence-corrected chi connectivity index (χ4v) is 3.64. The van der Waals surface area contributed by atoms with Crippen LogP contribution in [0.25, 0.3) is 0 Å². The van der Waals surface area contributed by atoms with Gasteiger partial charge in [-0.3, -0.25) is 4.79 Å². The highest BCUT2D eigenvalue weighted by atomic mass is 32.1. The Balaban J connectivity index is 1.40. The van der Waals surface area contributed by atoms with Gasteiger partial charge >= 0.3 is 0 Å². The maximum absolute atomic E-state index is 11.9. The van der Waals surface area contributed by atoms with Gasteiger partial charge in [-0.25, -0.2) is 9.97 Å². The second-order valence-electron chi connectivity index (χ2n) is 6.16. The molecule has 3 heterocycles. The fraction of sp³-hybridized carbons (Fsp3) is 0.562. The topological polar surface area (TPSA) is 83.3 Å². The molecule has 0 bridgehead atoms. The molecule has 3 rings (SSSR count). The predicted molar refractivity (Wildman–Crippen MR) is 92.7 cm³/mol. The number of aryl methyl sites for hydroxylation is 1. The molecular weight excluding hydrogens is 326 g/mol. The van der Waals surface area contributed by atoms with Crippen LogP contribution in [0.1, 0.15) is 31.2 Å². The highest BCUT2D eigenvalue weighted by molar-refractivity contribution is 7.13. The van der Waals surface area contributed by atoms with Crippen molar-refractivity contribution in [2.45, 2.75) is 25.4 Å². The molecule has 130 valence electrons. The van der Waals surface area contributed by atoms with Gasteiger partial charge in [0.1, 0.15) is 11.9 Å². The summed E-state index contributed by atoms with van der Waals surface area (Å²) in [6, 6.07) is 0. The SMILES string of the molecule is Cn1ccnc1C(O)C1CCN(CCC(=O)Nc2nccs2)CC1. The third-order valence-electron chi connectivity index (χ3n) is 4.54. The Labute approximate surface area is 145 Å². The van der Waals surface area contributed by atoms with Gasteiger partial charge in [0.2, 0.25) is 5.91 Å². The first-order valence-electron chi connectivity index (χ1n) is 8.20. The van der Waals surface area contributed by atoms with E-state index in [9.17, 15) is 9.90 Å². The summed E-state index contributed by atoms with van der Waals surface area (Å²) < 4.78 is 1.87. The summed E-state index contributed by atoms with van der Waals surface area (Å²) in [5.41, 5.74) is 0. The number of imidazole rings is 1. The molecule has 0 aromatic carbocycles. The number of carbonyl (C=O) groups is 1. The van der Waals surface area contributed by atoms with Crippen molar-refractivity contribution >= 4 is 22.4 Å². The maximum atomic E-state index is 11.9. The van der Waals surface area contributed by atoms with Gasteiger partial charge in [0.15, 0.2) is 5.13 Å². The van der Waals surface area contributed by atoms with Crippen molar-refractivity contribution < 1.29 is 9.90 Å². The van der Waals surface area contributed by atoms with Crippen LogP contribution < -0.4 is 5.32 Å². The second-order valence-corrected chi connectivity index (χ2v) is 7.05. The molecule has 1 fully saturated rings. The largest absolute Gasteiger partial charge is 0.385 e. The number of carbonyl (C=O) groups excluding carboxylic acids is 1. The van der Waals surface area contributed by atoms with Gasteiger partial charge in [-0.2, -0.15) is 0 Å². The van der Waals surface area contributed by atoms with Crippen LogP contribution in [-0.4, -0.2) is 50.1 Å². The molecule has 2 aromatic heterocycles. The van der Waals surface area contributed by atoms with Crippen LogP contribution in [0.3, 0.4) is 0 Å². The fourth-order valence-electron chi connectivity index (χ4n) is 3.09. The lowest BCUT2D eigenvalue weighted by molar-refractivity contribution is -0.116. The van der Waals surface area contributed by atoms with E-state index in [4.69, 9.17) is 0 Å². The predicted octanol–water partition coefficient (Wildman–Crippen LogP) is 1.65. The summed E-state index contributed by atoms with van der Waals surface area (Å²) in [5, 5.41) is 15.8. The third kappa shape index (κ3) is 4.19. The van der Waals surface area contributed by atoms with Crippen LogP contribution in [0.4, 0.5) is 5.13 Å². The zero-order valence-electron chi connectivity index (χ0n) is 13.8. The number of thiazole rings is 1. The van der Waals surface area contributed by atoms with Crippen molar-refractivity contribution in [1.82, 2.24) is 19.4 Å². The highest BCUT2D eigenvalue weighted by Crippen LogP contribution is 2.29. The van der Waals surface area contributed by atoms with Crippen LogP contribution in [0.5, 0.6) is 0 Å². The molecule has 24 heavy (non-hydrogen) atoms. The van der Waals surface area contributed by atoms with E-state index in [1.165, 1.54) is 11.3 Å². The van der Waals surface area contributed by atoms with Crippen molar-refractivity contribution in [3.05, 3.63) is 29.8 Å². The molecule has 1 amide bonds. The smallest absolute Gasteiger partial charge is 0.227 e. The van der Waals surface area contributed by atoms with E-state index in [2.05, 4.69) is 20.2 Å². The lowest BCUT2D eigenvalue weighted by Gasteiger charge is -2.33. The highest BCUT2D eigenvalue weighted by Gasteiger charge is 2.28. The van der Waals surface area contributed by atoms with Gasteiger partial charge in [0, 0.05) is 44.0 Å². The van der Waals surface area contributed by atoms with E-state index < -0.39 is 6.10 Å². The van der Waals surface area contributed by atoms with Crippen molar-refractivity contribution in [3.8, 4) is 0 Å². The molecule has 1 aliphatic rings. The van der Waals surface area contributed by atoms with Crippen LogP contribution in [0, 0.1) is 5.92 Å². The van der Waals surface area contributed by atoms with Crippen LogP contribution in [0.15, 0.2) is 24.0 Å². The molecule has 1 aliphatic heterocycles. The molecule has 2 aromatic rings. The Bertz CT molecular complexity index is 649. The number of rotatable bonds is 6. The minimum absolute atomic E-state index is 0.000110. The Morgan fingerprint density at radius 3 is 2.83 bits per heavy atom. The molecule has 0 saturated carbocycles. The van der Waals surface area contributed by atoms with Gasteiger partial charge in [-0.15, -0.1) is 11.3 Å². The number of nitrogens with zero attached hydrogens (tertiary/aromatic N) is 4. The average Bonchev–Trinajstić information content (AvgIpc) is 3.24. The molecule has 2 N–H and O–H groups in total. The minimum Gasteiger partial charge on any atom is -0.385 e. The van der Waals surface area contributed by atoms with E-state index in [1.54, 1.807) is 12.4 Å². The zero-order chi connectivity index (χ0) is 16.9. The first kappa shape index (κ1) is 17.1. The van der Waals surface area contributed by atoms with Gasteiger partial charge in [0.05, 0.1) is 0 Å². The number of aliphatic hydroxyl groups is 1. The van der Waals surface area contributed by atoms with E-state index in [-0.39, 0.29) is 11.8 Å². The molecule has 1 saturated heterocycles. The number of hydrogen-bond donors (Lipinski definition) is 2. The molecule has 7 nitrogen and oxygen atoms in total. The molecular formula is C16H23N5O2S. The van der Waals surface area contributed by atoms with Gasteiger partial charge in [0.25, 0.3) is 0 Å². The van der Waals surface area contributed by atoms with Crippen LogP contribution >= 0.6 is 11.3 Å². The maximum Gasteiger partial charge on any atom is 0.227 e. The number of likely N-dealkylation sites (tertiary alicyclic amines) is 1. The Kier molecular flexibility index (Phi) is 5.60. The van der Waals surface area contributed by atoms with Crippen LogP contribution in [0.2, 0.25) is 0 Å². The second kappa shape index (κ2) is 7.87. The van der Waals surface area contributed by atoms with E-state index in [1.807, 2.05) is 23.2 Å². The summed E-state index contributed by atoms with van der Waals surface area (Å²) in [6.45, 7) is 2.54. The van der Waals surface area contributed by atoms with Gasteiger partial charge < -0.3 is 19.9 Å². The van der Waals surface area contributed by atoms with Crippen molar-refractivity contribution in [2.24, 2.45) is 13.0 Å². The summed E-state index contributed by atoms with van der Waals surface area (Å²) in [6.07, 6.45) is 7.04. The molecule has 1 atom stereocenters. The Morgan fingerprint density at radius 1 is 1.42 bits per heavy atom. The third-order valence-corrected chi connectivity index (χ3v) is 5.22. The van der Waals surface area contributed by atoms with E-state index in [0.29, 0.717) is 11.6 Å². The molecule has 0 aliphatic carbocycles. The Hall–Kier alpha value is -1.77. The summed E-state index contributed by atoms with van der Waals surface area (Å²) in [4.78, 5) is 22.5. The van der Waals surface area contributed by atoms with Gasteiger partial charge in [-0.05, 0) is 31.8 Å². The average molecular weight is 349 g/mol. The number of nitrogens with one attached hydrogen (secondary N) is 1. The molecule has 8 heteroatoms. The lowest BCUT2D eigenvalue weighted by Crippen LogP contribution is -2.37. The van der Waals surface area contributed by atoms with Crippen molar-refractivity contribution in [3.63, 3.8) is 0 Å². The molecule has 1 unspecified atom stereocenters. The van der Waals surface area contributed by atoms with Crippen LogP contribution in [-0.2, 0) is 11.8 Å². The standard InChI is InChI=1S/C16H23N5O2S/c1-20-10-5-17-15(20)14(23)12-2-7-21(8-3-12)9-4-13(22)19-16-18-6-11-24-16/h5-6,10-12,14,23H,2-4,7-9H2,1H3,(H,18,19,22). The van der Waals surface area contributed by atoms with Gasteiger partial charge in [-0.1, -0.05) is 0 Å². The normalized spacial score (nSPS) is 17.8. The van der Waals surface area contributed by atoms with Crippen molar-refractivity contribution in [1.29, 1.82) is 0 Å². The Morgan fingerprint density at radius 2 is 2.21 bits per heavy atom. The molecule has 0 radical (unpaired) electrons. The summed E-state index contributed by atoms with van der Waals surface area (Å²) in [7, 11) is 1.90. The quantitative estimate of drug-likeness (QED) is 0.828. The number of piperidine rings is 1. The summed E-state index contributed by atoms with van der Waals surface area (Å²) in [5.74, 6) is 0.961. The lowest BCUT2D eigenvalue weighted by atomic mass is 9.90. The number of aliphatic hydroxyl groups excluding tert-OH is 1. The first-order valence-corrected chi connectivity index (χ1v) is 9.08. The minimum atomic E-state index is -0.514. The van der Waals surface area contributed by atoms with E-state index in [0.717, 1.165) is 38.3 Å². The zero-order valence-corrected chi connectivity index (χ0v) is 14.6.